The molecule has 23 heavy (non-hydrogen) atoms. The molecule has 0 aromatic carbocycles. The first kappa shape index (κ1) is 18.2. The zero-order valence-corrected chi connectivity index (χ0v) is 14.7. The summed E-state index contributed by atoms with van der Waals surface area (Å²) in [5.74, 6) is 0.405. The van der Waals surface area contributed by atoms with E-state index in [1.54, 1.807) is 6.92 Å². The molecule has 0 aromatic rings. The molecule has 2 fully saturated rings. The Hall–Kier alpha value is -1.11. The monoisotopic (exact) mass is 344 g/mol. The summed E-state index contributed by atoms with van der Waals surface area (Å²) in [4.78, 5) is 25.8. The van der Waals surface area contributed by atoms with Gasteiger partial charge < -0.3 is 10.2 Å². The Kier molecular flexibility index (Phi) is 6.44. The highest BCUT2D eigenvalue weighted by molar-refractivity contribution is 7.91. The van der Waals surface area contributed by atoms with Gasteiger partial charge >= 0.3 is 0 Å². The van der Waals surface area contributed by atoms with Gasteiger partial charge in [-0.2, -0.15) is 0 Å². The van der Waals surface area contributed by atoms with Crippen LogP contribution in [0.1, 0.15) is 51.9 Å². The van der Waals surface area contributed by atoms with Gasteiger partial charge in [-0.1, -0.05) is 32.1 Å². The summed E-state index contributed by atoms with van der Waals surface area (Å²) in [6.45, 7) is 2.12. The van der Waals surface area contributed by atoms with E-state index in [2.05, 4.69) is 5.32 Å². The zero-order chi connectivity index (χ0) is 16.9. The molecule has 2 rings (SSSR count). The summed E-state index contributed by atoms with van der Waals surface area (Å²) in [5, 5.41) is 2.76. The van der Waals surface area contributed by atoms with Crippen LogP contribution in [0.2, 0.25) is 0 Å². The Morgan fingerprint density at radius 1 is 1.13 bits per heavy atom. The van der Waals surface area contributed by atoms with Gasteiger partial charge in [-0.3, -0.25) is 9.59 Å². The van der Waals surface area contributed by atoms with Crippen LogP contribution in [0.5, 0.6) is 0 Å². The summed E-state index contributed by atoms with van der Waals surface area (Å²) < 4.78 is 22.8. The van der Waals surface area contributed by atoms with Gasteiger partial charge in [-0.15, -0.1) is 0 Å². The molecule has 6 nitrogen and oxygen atoms in total. The number of carbonyl (C=O) groups excluding carboxylic acids is 2. The Balaban J connectivity index is 1.71. The second-order valence-corrected chi connectivity index (χ2v) is 9.11. The number of hydrogen-bond acceptors (Lipinski definition) is 4. The van der Waals surface area contributed by atoms with Crippen LogP contribution in [-0.4, -0.2) is 55.8 Å². The molecular weight excluding hydrogens is 316 g/mol. The van der Waals surface area contributed by atoms with Gasteiger partial charge in [0.05, 0.1) is 11.5 Å². The largest absolute Gasteiger partial charge is 0.345 e. The Morgan fingerprint density at radius 3 is 2.35 bits per heavy atom. The predicted molar refractivity (Wildman–Crippen MR) is 88.6 cm³/mol. The molecule has 1 aliphatic carbocycles. The standard InChI is InChI=1S/C16H28N2O4S/c1-13(16(20)18-9-11-23(21,22)12-10-18)17-15(19)8-7-14-5-3-2-4-6-14/h13-14H,2-12H2,1H3,(H,17,19). The van der Waals surface area contributed by atoms with Gasteiger partial charge in [-0.05, 0) is 19.3 Å². The van der Waals surface area contributed by atoms with Crippen molar-refractivity contribution < 1.29 is 18.0 Å². The average molecular weight is 344 g/mol. The van der Waals surface area contributed by atoms with Crippen LogP contribution in [0, 0.1) is 5.92 Å². The summed E-state index contributed by atoms with van der Waals surface area (Å²) in [7, 11) is -3.00. The molecule has 1 atom stereocenters. The van der Waals surface area contributed by atoms with Crippen molar-refractivity contribution in [2.24, 2.45) is 5.92 Å². The molecule has 2 aliphatic rings. The van der Waals surface area contributed by atoms with Crippen LogP contribution in [0.15, 0.2) is 0 Å². The summed E-state index contributed by atoms with van der Waals surface area (Å²) >= 11 is 0. The molecule has 1 unspecified atom stereocenters. The third-order valence-electron chi connectivity index (χ3n) is 4.91. The van der Waals surface area contributed by atoms with E-state index in [0.29, 0.717) is 12.3 Å². The van der Waals surface area contributed by atoms with Gasteiger partial charge in [0.25, 0.3) is 0 Å². The fourth-order valence-corrected chi connectivity index (χ4v) is 4.59. The summed E-state index contributed by atoms with van der Waals surface area (Å²) in [5.41, 5.74) is 0. The van der Waals surface area contributed by atoms with Gasteiger partial charge in [0.1, 0.15) is 6.04 Å². The van der Waals surface area contributed by atoms with Crippen molar-refractivity contribution in [3.63, 3.8) is 0 Å². The number of rotatable bonds is 5. The van der Waals surface area contributed by atoms with Gasteiger partial charge in [0.2, 0.25) is 11.8 Å². The highest BCUT2D eigenvalue weighted by Crippen LogP contribution is 2.27. The topological polar surface area (TPSA) is 83.6 Å². The maximum atomic E-state index is 12.3. The number of carbonyl (C=O) groups is 2. The van der Waals surface area contributed by atoms with Gasteiger partial charge in [-0.25, -0.2) is 8.42 Å². The van der Waals surface area contributed by atoms with Crippen LogP contribution in [0.4, 0.5) is 0 Å². The number of sulfone groups is 1. The second kappa shape index (κ2) is 8.13. The molecule has 0 spiro atoms. The molecule has 1 heterocycles. The summed E-state index contributed by atoms with van der Waals surface area (Å²) in [6.07, 6.45) is 7.62. The van der Waals surface area contributed by atoms with Crippen LogP contribution >= 0.6 is 0 Å². The minimum absolute atomic E-state index is 0.0150. The molecule has 132 valence electrons. The van der Waals surface area contributed by atoms with Crippen molar-refractivity contribution in [2.45, 2.75) is 57.9 Å². The second-order valence-electron chi connectivity index (χ2n) is 6.81. The normalized spacial score (nSPS) is 23.3. The maximum Gasteiger partial charge on any atom is 0.244 e. The van der Waals surface area contributed by atoms with E-state index in [1.165, 1.54) is 37.0 Å². The highest BCUT2D eigenvalue weighted by Gasteiger charge is 2.28. The number of nitrogens with zero attached hydrogens (tertiary/aromatic N) is 1. The molecule has 1 saturated carbocycles. The Bertz CT molecular complexity index is 512. The number of amides is 2. The van der Waals surface area contributed by atoms with E-state index in [4.69, 9.17) is 0 Å². The van der Waals surface area contributed by atoms with Crippen LogP contribution < -0.4 is 5.32 Å². The first-order chi connectivity index (χ1) is 10.9. The lowest BCUT2D eigenvalue weighted by atomic mass is 9.86. The lowest BCUT2D eigenvalue weighted by molar-refractivity contribution is -0.135. The van der Waals surface area contributed by atoms with Crippen LogP contribution in [0.3, 0.4) is 0 Å². The Morgan fingerprint density at radius 2 is 1.74 bits per heavy atom. The third kappa shape index (κ3) is 5.79. The van der Waals surface area contributed by atoms with Gasteiger partial charge in [0, 0.05) is 19.5 Å². The van der Waals surface area contributed by atoms with Crippen molar-refractivity contribution in [3.8, 4) is 0 Å². The molecule has 0 aromatic heterocycles. The number of hydrogen-bond donors (Lipinski definition) is 1. The maximum absolute atomic E-state index is 12.3. The first-order valence-electron chi connectivity index (χ1n) is 8.66. The smallest absolute Gasteiger partial charge is 0.244 e. The molecule has 0 radical (unpaired) electrons. The van der Waals surface area contributed by atoms with E-state index in [1.807, 2.05) is 0 Å². The minimum Gasteiger partial charge on any atom is -0.345 e. The molecule has 1 saturated heterocycles. The van der Waals surface area contributed by atoms with Crippen molar-refractivity contribution in [1.82, 2.24) is 10.2 Å². The highest BCUT2D eigenvalue weighted by atomic mass is 32.2. The molecular formula is C16H28N2O4S. The van der Waals surface area contributed by atoms with Crippen LogP contribution in [-0.2, 0) is 19.4 Å². The van der Waals surface area contributed by atoms with E-state index in [0.717, 1.165) is 6.42 Å². The molecule has 1 N–H and O–H groups in total. The average Bonchev–Trinajstić information content (AvgIpc) is 2.53. The van der Waals surface area contributed by atoms with Gasteiger partial charge in [0.15, 0.2) is 9.84 Å². The van der Waals surface area contributed by atoms with E-state index < -0.39 is 15.9 Å². The molecule has 1 aliphatic heterocycles. The first-order valence-corrected chi connectivity index (χ1v) is 10.5. The zero-order valence-electron chi connectivity index (χ0n) is 13.9. The van der Waals surface area contributed by atoms with Crippen molar-refractivity contribution >= 4 is 21.7 Å². The summed E-state index contributed by atoms with van der Waals surface area (Å²) in [6, 6.07) is -0.588. The van der Waals surface area contributed by atoms with Crippen molar-refractivity contribution in [3.05, 3.63) is 0 Å². The van der Waals surface area contributed by atoms with Crippen LogP contribution in [0.25, 0.3) is 0 Å². The molecule has 0 bridgehead atoms. The minimum atomic E-state index is -3.00. The van der Waals surface area contributed by atoms with E-state index in [-0.39, 0.29) is 36.4 Å². The number of nitrogens with one attached hydrogen (secondary N) is 1. The predicted octanol–water partition coefficient (Wildman–Crippen LogP) is 1.11. The Labute approximate surface area is 138 Å². The quantitative estimate of drug-likeness (QED) is 0.810. The molecule has 7 heteroatoms. The fourth-order valence-electron chi connectivity index (χ4n) is 3.39. The van der Waals surface area contributed by atoms with Crippen molar-refractivity contribution in [2.75, 3.05) is 24.6 Å². The van der Waals surface area contributed by atoms with E-state index in [9.17, 15) is 18.0 Å². The van der Waals surface area contributed by atoms with Crippen molar-refractivity contribution in [1.29, 1.82) is 0 Å². The lowest BCUT2D eigenvalue weighted by Gasteiger charge is -2.29. The van der Waals surface area contributed by atoms with E-state index >= 15 is 0 Å². The lowest BCUT2D eigenvalue weighted by Crippen LogP contribution is -2.51. The fraction of sp³-hybridized carbons (Fsp3) is 0.875. The third-order valence-corrected chi connectivity index (χ3v) is 6.52. The molecule has 2 amide bonds. The SMILES string of the molecule is CC(NC(=O)CCC1CCCCC1)C(=O)N1CCS(=O)(=O)CC1.